The maximum Gasteiger partial charge on any atom is 0.225 e. The maximum absolute atomic E-state index is 4.82. The van der Waals surface area contributed by atoms with Crippen molar-refractivity contribution >= 4 is 22.7 Å². The number of hydrogen-bond donors (Lipinski definition) is 2. The molecule has 2 N–H and O–H groups in total. The van der Waals surface area contributed by atoms with E-state index in [1.165, 1.54) is 29.5 Å². The Hall–Kier alpha value is -3.44. The van der Waals surface area contributed by atoms with Crippen molar-refractivity contribution in [3.63, 3.8) is 0 Å². The van der Waals surface area contributed by atoms with Gasteiger partial charge in [0.2, 0.25) is 5.95 Å². The molecule has 180 valence electrons. The molecule has 0 spiro atoms. The molecule has 0 atom stereocenters. The van der Waals surface area contributed by atoms with Crippen molar-refractivity contribution in [1.29, 1.82) is 0 Å². The number of aromatic nitrogens is 2. The third-order valence-electron chi connectivity index (χ3n) is 7.04. The highest BCUT2D eigenvalue weighted by molar-refractivity contribution is 5.90. The minimum Gasteiger partial charge on any atom is -0.362 e. The van der Waals surface area contributed by atoms with Crippen molar-refractivity contribution in [2.75, 3.05) is 30.9 Å². The summed E-state index contributed by atoms with van der Waals surface area (Å²) >= 11 is 0. The number of rotatable bonds is 8. The second-order valence-electron chi connectivity index (χ2n) is 9.80. The van der Waals surface area contributed by atoms with E-state index in [0.717, 1.165) is 48.6 Å². The second kappa shape index (κ2) is 10.9. The lowest BCUT2D eigenvalue weighted by molar-refractivity contribution is 0.324. The van der Waals surface area contributed by atoms with Crippen LogP contribution in [0.2, 0.25) is 0 Å². The van der Waals surface area contributed by atoms with Crippen molar-refractivity contribution in [2.45, 2.75) is 38.3 Å². The van der Waals surface area contributed by atoms with Gasteiger partial charge in [-0.25, -0.2) is 4.98 Å². The molecule has 4 aromatic rings. The zero-order valence-corrected chi connectivity index (χ0v) is 20.7. The predicted octanol–water partition coefficient (Wildman–Crippen LogP) is 6.12. The number of para-hydroxylation sites is 1. The van der Waals surface area contributed by atoms with Crippen LogP contribution in [-0.4, -0.2) is 36.6 Å². The average Bonchev–Trinajstić information content (AvgIpc) is 2.90. The van der Waals surface area contributed by atoms with Crippen LogP contribution in [0.3, 0.4) is 0 Å². The molecule has 0 unspecified atom stereocenters. The number of benzene rings is 3. The largest absolute Gasteiger partial charge is 0.362 e. The minimum atomic E-state index is 0.432. The van der Waals surface area contributed by atoms with E-state index in [1.807, 2.05) is 26.2 Å². The molecule has 3 aromatic carbocycles. The third kappa shape index (κ3) is 5.63. The summed E-state index contributed by atoms with van der Waals surface area (Å²) in [4.78, 5) is 11.7. The number of fused-ring (bicyclic) bond motifs is 1. The Morgan fingerprint density at radius 1 is 0.800 bits per heavy atom. The normalized spacial score (nSPS) is 17.9. The standard InChI is InChI=1S/C30H35N5/c1-35(2)29-27-14-8-9-15-28(27)33-30(34-29)32-25-18-16-22(17-19-25)20-31-21-24-12-6-7-13-26(24)23-10-4-3-5-11-23/h3-15,22,25,31H,16-21H2,1-2H3,(H,32,33,34)/t22-,25+. The Morgan fingerprint density at radius 3 is 2.31 bits per heavy atom. The van der Waals surface area contributed by atoms with Crippen molar-refractivity contribution in [3.05, 3.63) is 84.4 Å². The fourth-order valence-electron chi connectivity index (χ4n) is 5.14. The molecule has 0 amide bonds. The summed E-state index contributed by atoms with van der Waals surface area (Å²) in [5, 5.41) is 8.45. The molecular formula is C30H35N5. The SMILES string of the molecule is CN(C)c1nc(N[C@H]2CC[C@@H](CNCc3ccccc3-c3ccccc3)CC2)nc2ccccc12. The molecule has 1 saturated carbocycles. The predicted molar refractivity (Wildman–Crippen MR) is 147 cm³/mol. The fraction of sp³-hybridized carbons (Fsp3) is 0.333. The van der Waals surface area contributed by atoms with Crippen LogP contribution in [0.25, 0.3) is 22.0 Å². The fourth-order valence-corrected chi connectivity index (χ4v) is 5.14. The van der Waals surface area contributed by atoms with E-state index >= 15 is 0 Å². The van der Waals surface area contributed by atoms with Crippen LogP contribution in [0.5, 0.6) is 0 Å². The number of nitrogens with zero attached hydrogens (tertiary/aromatic N) is 3. The van der Waals surface area contributed by atoms with Crippen LogP contribution in [0.4, 0.5) is 11.8 Å². The molecule has 1 fully saturated rings. The lowest BCUT2D eigenvalue weighted by atomic mass is 9.86. The van der Waals surface area contributed by atoms with Crippen LogP contribution in [-0.2, 0) is 6.54 Å². The summed E-state index contributed by atoms with van der Waals surface area (Å²) < 4.78 is 0. The summed E-state index contributed by atoms with van der Waals surface area (Å²) in [6.45, 7) is 1.97. The number of anilines is 2. The van der Waals surface area contributed by atoms with Gasteiger partial charge < -0.3 is 15.5 Å². The van der Waals surface area contributed by atoms with Gasteiger partial charge in [-0.3, -0.25) is 0 Å². The Balaban J connectivity index is 1.14. The van der Waals surface area contributed by atoms with E-state index in [0.29, 0.717) is 12.0 Å². The van der Waals surface area contributed by atoms with Crippen LogP contribution < -0.4 is 15.5 Å². The third-order valence-corrected chi connectivity index (χ3v) is 7.04. The first kappa shape index (κ1) is 23.3. The lowest BCUT2D eigenvalue weighted by Crippen LogP contribution is -2.31. The second-order valence-corrected chi connectivity index (χ2v) is 9.80. The summed E-state index contributed by atoms with van der Waals surface area (Å²) in [5.74, 6) is 2.42. The van der Waals surface area contributed by atoms with Gasteiger partial charge in [0.1, 0.15) is 5.82 Å². The zero-order valence-electron chi connectivity index (χ0n) is 20.7. The van der Waals surface area contributed by atoms with E-state index in [-0.39, 0.29) is 0 Å². The molecule has 5 heteroatoms. The highest BCUT2D eigenvalue weighted by atomic mass is 15.2. The Kier molecular flexibility index (Phi) is 7.24. The van der Waals surface area contributed by atoms with Gasteiger partial charge >= 0.3 is 0 Å². The number of nitrogens with one attached hydrogen (secondary N) is 2. The van der Waals surface area contributed by atoms with E-state index in [1.54, 1.807) is 0 Å². The van der Waals surface area contributed by atoms with E-state index < -0.39 is 0 Å². The Morgan fingerprint density at radius 2 is 1.51 bits per heavy atom. The molecule has 5 nitrogen and oxygen atoms in total. The molecule has 35 heavy (non-hydrogen) atoms. The Labute approximate surface area is 208 Å². The highest BCUT2D eigenvalue weighted by Crippen LogP contribution is 2.29. The maximum atomic E-state index is 4.82. The summed E-state index contributed by atoms with van der Waals surface area (Å²) in [7, 11) is 4.07. The van der Waals surface area contributed by atoms with Crippen molar-refractivity contribution in [1.82, 2.24) is 15.3 Å². The van der Waals surface area contributed by atoms with Gasteiger partial charge in [-0.2, -0.15) is 4.98 Å². The van der Waals surface area contributed by atoms with Crippen LogP contribution >= 0.6 is 0 Å². The quantitative estimate of drug-likeness (QED) is 0.328. The van der Waals surface area contributed by atoms with Crippen molar-refractivity contribution in [3.8, 4) is 11.1 Å². The monoisotopic (exact) mass is 465 g/mol. The highest BCUT2D eigenvalue weighted by Gasteiger charge is 2.22. The molecular weight excluding hydrogens is 430 g/mol. The van der Waals surface area contributed by atoms with Gasteiger partial charge in [-0.1, -0.05) is 66.7 Å². The van der Waals surface area contributed by atoms with Crippen LogP contribution in [0.1, 0.15) is 31.2 Å². The molecule has 0 aliphatic heterocycles. The van der Waals surface area contributed by atoms with E-state index in [2.05, 4.69) is 82.3 Å². The van der Waals surface area contributed by atoms with Gasteiger partial charge in [0.05, 0.1) is 5.52 Å². The van der Waals surface area contributed by atoms with Crippen molar-refractivity contribution in [2.24, 2.45) is 5.92 Å². The summed E-state index contributed by atoms with van der Waals surface area (Å²) in [6, 6.07) is 28.0. The lowest BCUT2D eigenvalue weighted by Gasteiger charge is -2.29. The van der Waals surface area contributed by atoms with Gasteiger partial charge in [-0.15, -0.1) is 0 Å². The molecule has 0 bridgehead atoms. The van der Waals surface area contributed by atoms with Crippen LogP contribution in [0, 0.1) is 5.92 Å². The van der Waals surface area contributed by atoms with Crippen LogP contribution in [0.15, 0.2) is 78.9 Å². The molecule has 1 aromatic heterocycles. The molecule has 0 radical (unpaired) electrons. The first-order valence-corrected chi connectivity index (χ1v) is 12.7. The molecule has 1 aliphatic carbocycles. The van der Waals surface area contributed by atoms with Gasteiger partial charge in [-0.05, 0) is 67.0 Å². The minimum absolute atomic E-state index is 0.432. The molecule has 0 saturated heterocycles. The van der Waals surface area contributed by atoms with Gasteiger partial charge in [0, 0.05) is 32.1 Å². The van der Waals surface area contributed by atoms with E-state index in [4.69, 9.17) is 9.97 Å². The van der Waals surface area contributed by atoms with Gasteiger partial charge in [0.25, 0.3) is 0 Å². The smallest absolute Gasteiger partial charge is 0.225 e. The van der Waals surface area contributed by atoms with E-state index in [9.17, 15) is 0 Å². The molecule has 1 aliphatic rings. The topological polar surface area (TPSA) is 53.1 Å². The number of hydrogen-bond acceptors (Lipinski definition) is 5. The zero-order chi connectivity index (χ0) is 24.0. The Bertz CT molecular complexity index is 1250. The van der Waals surface area contributed by atoms with Crippen molar-refractivity contribution < 1.29 is 0 Å². The molecule has 5 rings (SSSR count). The first-order valence-electron chi connectivity index (χ1n) is 12.7. The van der Waals surface area contributed by atoms with Gasteiger partial charge in [0.15, 0.2) is 0 Å². The molecule has 1 heterocycles. The summed E-state index contributed by atoms with van der Waals surface area (Å²) in [5.41, 5.74) is 4.95. The first-order chi connectivity index (χ1) is 17.2. The average molecular weight is 466 g/mol. The summed E-state index contributed by atoms with van der Waals surface area (Å²) in [6.07, 6.45) is 4.75.